The molecule has 7 nitrogen and oxygen atoms in total. The fourth-order valence-corrected chi connectivity index (χ4v) is 2.25. The van der Waals surface area contributed by atoms with Gasteiger partial charge in [-0.15, -0.1) is 0 Å². The number of hydrogen-bond acceptors (Lipinski definition) is 6. The molecule has 3 N–H and O–H groups in total. The second kappa shape index (κ2) is 5.66. The molecule has 0 aliphatic heterocycles. The predicted octanol–water partition coefficient (Wildman–Crippen LogP) is 2.17. The van der Waals surface area contributed by atoms with E-state index in [4.69, 9.17) is 16.3 Å². The average molecular weight is 303 g/mol. The zero-order valence-electron chi connectivity index (χ0n) is 12.4. The minimum atomic E-state index is -0.368. The molecule has 112 valence electrons. The van der Waals surface area contributed by atoms with Crippen molar-refractivity contribution in [1.82, 2.24) is 14.6 Å². The third kappa shape index (κ3) is 2.63. The molecule has 0 radical (unpaired) electrons. The van der Waals surface area contributed by atoms with Crippen molar-refractivity contribution in [3.05, 3.63) is 42.2 Å². The van der Waals surface area contributed by atoms with E-state index in [2.05, 4.69) is 27.5 Å². The van der Waals surface area contributed by atoms with Crippen molar-refractivity contribution in [2.45, 2.75) is 13.0 Å². The van der Waals surface area contributed by atoms with Crippen LogP contribution >= 0.6 is 0 Å². The Balaban J connectivity index is 2.07. The molecule has 3 aromatic rings. The fraction of sp³-hybridized carbons (Fsp3) is 0.125. The van der Waals surface area contributed by atoms with Crippen LogP contribution in [0.1, 0.15) is 12.5 Å². The van der Waals surface area contributed by atoms with Crippen LogP contribution in [0.25, 0.3) is 16.9 Å². The summed E-state index contributed by atoms with van der Waals surface area (Å²) in [4.78, 5) is 4.33. The summed E-state index contributed by atoms with van der Waals surface area (Å²) in [5, 5.41) is 25.2. The van der Waals surface area contributed by atoms with Crippen LogP contribution in [-0.2, 0) is 0 Å². The van der Waals surface area contributed by atoms with Crippen LogP contribution < -0.4 is 11.1 Å². The van der Waals surface area contributed by atoms with Gasteiger partial charge < -0.3 is 11.1 Å². The molecule has 0 bridgehead atoms. The molecule has 0 amide bonds. The molecule has 1 unspecified atom stereocenters. The zero-order chi connectivity index (χ0) is 16.4. The summed E-state index contributed by atoms with van der Waals surface area (Å²) >= 11 is 0. The maximum atomic E-state index is 8.93. The summed E-state index contributed by atoms with van der Waals surface area (Å²) in [5.74, 6) is 0. The Morgan fingerprint density at radius 1 is 1.26 bits per heavy atom. The van der Waals surface area contributed by atoms with Crippen LogP contribution in [0, 0.1) is 22.7 Å². The number of nitrogens with two attached hydrogens (primary N) is 1. The van der Waals surface area contributed by atoms with Crippen LogP contribution in [0.3, 0.4) is 0 Å². The minimum absolute atomic E-state index is 0.368. The molecule has 0 aliphatic rings. The summed E-state index contributed by atoms with van der Waals surface area (Å²) in [6.45, 7) is 1.75. The molecule has 1 atom stereocenters. The number of fused-ring (bicyclic) bond motifs is 1. The van der Waals surface area contributed by atoms with Gasteiger partial charge in [0.05, 0.1) is 52.3 Å². The third-order valence-electron chi connectivity index (χ3n) is 3.39. The average Bonchev–Trinajstić information content (AvgIpc) is 2.99. The molecule has 23 heavy (non-hydrogen) atoms. The number of pyridine rings is 1. The first-order chi connectivity index (χ1) is 11.1. The van der Waals surface area contributed by atoms with E-state index < -0.39 is 0 Å². The topological polar surface area (TPSA) is 116 Å². The van der Waals surface area contributed by atoms with Gasteiger partial charge in [0.1, 0.15) is 12.1 Å². The van der Waals surface area contributed by atoms with Gasteiger partial charge in [-0.2, -0.15) is 15.6 Å². The van der Waals surface area contributed by atoms with Crippen LogP contribution in [-0.4, -0.2) is 20.6 Å². The van der Waals surface area contributed by atoms with Crippen molar-refractivity contribution < 1.29 is 0 Å². The molecular weight excluding hydrogens is 290 g/mol. The predicted molar refractivity (Wildman–Crippen MR) is 86.2 cm³/mol. The third-order valence-corrected chi connectivity index (χ3v) is 3.39. The van der Waals surface area contributed by atoms with Gasteiger partial charge in [0.15, 0.2) is 0 Å². The Kier molecular flexibility index (Phi) is 3.54. The highest BCUT2D eigenvalue weighted by Gasteiger charge is 2.11. The lowest BCUT2D eigenvalue weighted by atomic mass is 10.2. The van der Waals surface area contributed by atoms with E-state index in [-0.39, 0.29) is 6.04 Å². The smallest absolute Gasteiger partial charge is 0.111 e. The van der Waals surface area contributed by atoms with E-state index >= 15 is 0 Å². The molecule has 3 rings (SSSR count). The highest BCUT2D eigenvalue weighted by atomic mass is 15.2. The van der Waals surface area contributed by atoms with Gasteiger partial charge in [0.25, 0.3) is 0 Å². The Labute approximate surface area is 132 Å². The van der Waals surface area contributed by atoms with E-state index in [1.165, 1.54) is 6.20 Å². The summed E-state index contributed by atoms with van der Waals surface area (Å²) in [6.07, 6.45) is 3.05. The summed E-state index contributed by atoms with van der Waals surface area (Å²) < 4.78 is 1.71. The van der Waals surface area contributed by atoms with Gasteiger partial charge in [0, 0.05) is 0 Å². The SMILES string of the molecule is CC(C#N)Nc1cc(-c2ccc3cc(C#N)cnn23)ncc1N. The van der Waals surface area contributed by atoms with E-state index in [1.807, 2.05) is 12.1 Å². The van der Waals surface area contributed by atoms with Gasteiger partial charge in [-0.25, -0.2) is 4.52 Å². The van der Waals surface area contributed by atoms with Gasteiger partial charge in [-0.1, -0.05) is 0 Å². The second-order valence-corrected chi connectivity index (χ2v) is 5.06. The maximum absolute atomic E-state index is 8.93. The number of nitrogens with zero attached hydrogens (tertiary/aromatic N) is 5. The summed E-state index contributed by atoms with van der Waals surface area (Å²) in [6, 6.07) is 11.1. The summed E-state index contributed by atoms with van der Waals surface area (Å²) in [5.41, 5.74) is 9.77. The molecule has 0 aromatic carbocycles. The van der Waals surface area contributed by atoms with Crippen LogP contribution in [0.15, 0.2) is 36.7 Å². The zero-order valence-corrected chi connectivity index (χ0v) is 12.4. The Hall–Kier alpha value is -3.58. The van der Waals surface area contributed by atoms with Gasteiger partial charge in [-0.3, -0.25) is 4.98 Å². The van der Waals surface area contributed by atoms with Crippen LogP contribution in [0.4, 0.5) is 11.4 Å². The quantitative estimate of drug-likeness (QED) is 0.766. The van der Waals surface area contributed by atoms with Gasteiger partial charge >= 0.3 is 0 Å². The molecular formula is C16H13N7. The van der Waals surface area contributed by atoms with Crippen molar-refractivity contribution >= 4 is 16.9 Å². The van der Waals surface area contributed by atoms with Crippen molar-refractivity contribution in [3.63, 3.8) is 0 Å². The molecule has 0 saturated carbocycles. The van der Waals surface area contributed by atoms with E-state index in [0.29, 0.717) is 22.6 Å². The molecule has 7 heteroatoms. The van der Waals surface area contributed by atoms with Crippen molar-refractivity contribution in [1.29, 1.82) is 10.5 Å². The number of hydrogen-bond donors (Lipinski definition) is 2. The number of nitrogens with one attached hydrogen (secondary N) is 1. The largest absolute Gasteiger partial charge is 0.396 e. The standard InChI is InChI=1S/C16H13N7/c1-10(6-17)22-14-5-15(20-9-13(14)19)16-3-2-12-4-11(7-18)8-21-23(12)16/h2-5,8-10H,19H2,1H3,(H,20,22). The molecule has 3 heterocycles. The van der Waals surface area contributed by atoms with Crippen LogP contribution in [0.2, 0.25) is 0 Å². The molecule has 3 aromatic heterocycles. The van der Waals surface area contributed by atoms with Gasteiger partial charge in [-0.05, 0) is 31.2 Å². The van der Waals surface area contributed by atoms with Crippen molar-refractivity contribution in [2.75, 3.05) is 11.1 Å². The monoisotopic (exact) mass is 303 g/mol. The van der Waals surface area contributed by atoms with E-state index in [0.717, 1.165) is 11.2 Å². The first kappa shape index (κ1) is 14.4. The molecule has 0 saturated heterocycles. The van der Waals surface area contributed by atoms with Crippen molar-refractivity contribution in [2.24, 2.45) is 0 Å². The summed E-state index contributed by atoms with van der Waals surface area (Å²) in [7, 11) is 0. The highest BCUT2D eigenvalue weighted by Crippen LogP contribution is 2.26. The number of anilines is 2. The normalized spacial score (nSPS) is 11.6. The highest BCUT2D eigenvalue weighted by molar-refractivity contribution is 5.74. The maximum Gasteiger partial charge on any atom is 0.111 e. The Morgan fingerprint density at radius 3 is 2.83 bits per heavy atom. The van der Waals surface area contributed by atoms with E-state index in [9.17, 15) is 0 Å². The number of rotatable bonds is 3. The Bertz CT molecular complexity index is 959. The lowest BCUT2D eigenvalue weighted by Gasteiger charge is -2.12. The lowest BCUT2D eigenvalue weighted by molar-refractivity contribution is 0.939. The lowest BCUT2D eigenvalue weighted by Crippen LogP contribution is -2.13. The Morgan fingerprint density at radius 2 is 2.09 bits per heavy atom. The number of nitrogen functional groups attached to an aromatic ring is 1. The fourth-order valence-electron chi connectivity index (χ4n) is 2.25. The van der Waals surface area contributed by atoms with Crippen molar-refractivity contribution in [3.8, 4) is 23.5 Å². The van der Waals surface area contributed by atoms with E-state index in [1.54, 1.807) is 29.8 Å². The first-order valence-corrected chi connectivity index (χ1v) is 6.92. The molecule has 0 spiro atoms. The number of nitriles is 2. The van der Waals surface area contributed by atoms with Gasteiger partial charge in [0.2, 0.25) is 0 Å². The first-order valence-electron chi connectivity index (χ1n) is 6.92. The second-order valence-electron chi connectivity index (χ2n) is 5.06. The molecule has 0 aliphatic carbocycles. The molecule has 0 fully saturated rings. The van der Waals surface area contributed by atoms with Crippen LogP contribution in [0.5, 0.6) is 0 Å². The minimum Gasteiger partial charge on any atom is -0.396 e. The number of aromatic nitrogens is 3.